The maximum Gasteiger partial charge on any atom is 0.328 e. The molecule has 1 aromatic rings. The zero-order chi connectivity index (χ0) is 20.4. The zero-order valence-electron chi connectivity index (χ0n) is 15.7. The van der Waals surface area contributed by atoms with Crippen molar-refractivity contribution in [2.45, 2.75) is 45.4 Å². The molecular weight excluding hydrogens is 369 g/mol. The number of nitrogens with zero attached hydrogens (tertiary/aromatic N) is 1. The molecule has 0 saturated carbocycles. The maximum atomic E-state index is 15.0. The summed E-state index contributed by atoms with van der Waals surface area (Å²) in [4.78, 5) is 51.0. The first-order valence-electron chi connectivity index (χ1n) is 9.07. The molecule has 3 aliphatic heterocycles. The Morgan fingerprint density at radius 3 is 2.46 bits per heavy atom. The maximum absolute atomic E-state index is 15.0. The summed E-state index contributed by atoms with van der Waals surface area (Å²) in [5, 5.41) is 4.33. The summed E-state index contributed by atoms with van der Waals surface area (Å²) >= 11 is 0. The Morgan fingerprint density at radius 2 is 1.86 bits per heavy atom. The predicted molar refractivity (Wildman–Crippen MR) is 95.4 cm³/mol. The minimum atomic E-state index is -1.68. The van der Waals surface area contributed by atoms with Gasteiger partial charge >= 0.3 is 6.03 Å². The van der Waals surface area contributed by atoms with Gasteiger partial charge in [-0.25, -0.2) is 9.18 Å². The number of benzene rings is 1. The molecular formula is C19H20FN3O5. The quantitative estimate of drug-likeness (QED) is 0.547. The van der Waals surface area contributed by atoms with E-state index in [0.29, 0.717) is 5.56 Å². The van der Waals surface area contributed by atoms with Crippen LogP contribution in [0.3, 0.4) is 0 Å². The van der Waals surface area contributed by atoms with E-state index < -0.39 is 41.2 Å². The molecule has 0 aromatic heterocycles. The number of carbonyl (C=O) groups is 4. The summed E-state index contributed by atoms with van der Waals surface area (Å²) in [6.45, 7) is 5.12. The van der Waals surface area contributed by atoms with E-state index in [1.54, 1.807) is 11.8 Å². The lowest BCUT2D eigenvalue weighted by Gasteiger charge is -2.55. The topological polar surface area (TPSA) is 105 Å². The molecule has 148 valence electrons. The van der Waals surface area contributed by atoms with Crippen molar-refractivity contribution < 1.29 is 28.3 Å². The molecule has 3 heterocycles. The van der Waals surface area contributed by atoms with Crippen molar-refractivity contribution in [2.75, 3.05) is 11.4 Å². The molecule has 3 aliphatic rings. The number of ether oxygens (including phenoxy) is 1. The number of barbiturate groups is 1. The molecule has 1 spiro atoms. The third-order valence-corrected chi connectivity index (χ3v) is 5.76. The van der Waals surface area contributed by atoms with E-state index in [9.17, 15) is 19.2 Å². The van der Waals surface area contributed by atoms with E-state index in [4.69, 9.17) is 4.74 Å². The number of fused-ring (bicyclic) bond motifs is 4. The second kappa shape index (κ2) is 6.10. The number of anilines is 1. The normalized spacial score (nSPS) is 28.4. The molecule has 28 heavy (non-hydrogen) atoms. The van der Waals surface area contributed by atoms with Gasteiger partial charge in [0.05, 0.1) is 23.9 Å². The minimum Gasteiger partial charge on any atom is -0.372 e. The first-order chi connectivity index (χ1) is 13.1. The van der Waals surface area contributed by atoms with Crippen LogP contribution >= 0.6 is 0 Å². The Hall–Kier alpha value is -2.81. The number of hydrogen-bond donors (Lipinski definition) is 2. The van der Waals surface area contributed by atoms with Crippen LogP contribution in [0.5, 0.6) is 0 Å². The molecule has 0 bridgehead atoms. The molecule has 8 nitrogen and oxygen atoms in total. The van der Waals surface area contributed by atoms with Gasteiger partial charge in [0.1, 0.15) is 5.82 Å². The summed E-state index contributed by atoms with van der Waals surface area (Å²) in [6, 6.07) is 0.993. The van der Waals surface area contributed by atoms with Crippen molar-refractivity contribution in [1.29, 1.82) is 0 Å². The Labute approximate surface area is 160 Å². The second-order valence-corrected chi connectivity index (χ2v) is 7.66. The number of rotatable bonds is 1. The first-order valence-corrected chi connectivity index (χ1v) is 9.07. The van der Waals surface area contributed by atoms with Crippen molar-refractivity contribution in [3.05, 3.63) is 29.1 Å². The van der Waals surface area contributed by atoms with Crippen LogP contribution in [0.2, 0.25) is 0 Å². The van der Waals surface area contributed by atoms with E-state index in [0.717, 1.165) is 0 Å². The van der Waals surface area contributed by atoms with Gasteiger partial charge in [-0.1, -0.05) is 0 Å². The highest BCUT2D eigenvalue weighted by atomic mass is 19.1. The highest BCUT2D eigenvalue weighted by Crippen LogP contribution is 2.47. The summed E-state index contributed by atoms with van der Waals surface area (Å²) in [5.74, 6) is -2.41. The fourth-order valence-electron chi connectivity index (χ4n) is 4.74. The van der Waals surface area contributed by atoms with Crippen LogP contribution in [-0.4, -0.2) is 48.4 Å². The SMILES string of the molecule is CC(=O)c1cc(F)c2c(c1)CC1(C(=O)NC(=O)NC1=O)[C@H]1[C@H](C)O[C@H](C)CN21. The lowest BCUT2D eigenvalue weighted by atomic mass is 9.66. The van der Waals surface area contributed by atoms with Crippen molar-refractivity contribution >= 4 is 29.3 Å². The average Bonchev–Trinajstić information content (AvgIpc) is 2.58. The highest BCUT2D eigenvalue weighted by Gasteiger charge is 2.63. The lowest BCUT2D eigenvalue weighted by Crippen LogP contribution is -2.75. The van der Waals surface area contributed by atoms with Gasteiger partial charge in [-0.3, -0.25) is 25.0 Å². The van der Waals surface area contributed by atoms with E-state index in [1.807, 2.05) is 6.92 Å². The van der Waals surface area contributed by atoms with E-state index in [2.05, 4.69) is 10.6 Å². The highest BCUT2D eigenvalue weighted by molar-refractivity contribution is 6.20. The third-order valence-electron chi connectivity index (χ3n) is 5.76. The standard InChI is InChI=1S/C19H20FN3O5/c1-8-7-23-14-12(4-11(9(2)24)5-13(14)20)6-19(15(23)10(3)28-8)16(25)21-18(27)22-17(19)26/h4-5,8,10,15H,6-7H2,1-3H3,(H2,21,22,25,26,27)/t8-,10+,15-/m1/s1. The Balaban J connectivity index is 1.96. The van der Waals surface area contributed by atoms with Gasteiger partial charge in [0.2, 0.25) is 11.8 Å². The largest absolute Gasteiger partial charge is 0.372 e. The van der Waals surface area contributed by atoms with Crippen LogP contribution in [0.1, 0.15) is 36.7 Å². The second-order valence-electron chi connectivity index (χ2n) is 7.66. The molecule has 0 radical (unpaired) electrons. The Bertz CT molecular complexity index is 910. The monoisotopic (exact) mass is 389 g/mol. The molecule has 3 atom stereocenters. The number of amides is 4. The van der Waals surface area contributed by atoms with E-state index >= 15 is 4.39 Å². The van der Waals surface area contributed by atoms with Crippen LogP contribution in [0, 0.1) is 11.2 Å². The molecule has 2 N–H and O–H groups in total. The molecule has 2 fully saturated rings. The van der Waals surface area contributed by atoms with E-state index in [1.165, 1.54) is 19.1 Å². The molecule has 2 saturated heterocycles. The number of nitrogens with one attached hydrogen (secondary N) is 2. The summed E-state index contributed by atoms with van der Waals surface area (Å²) in [5.41, 5.74) is -0.878. The fourth-order valence-corrected chi connectivity index (χ4v) is 4.74. The van der Waals surface area contributed by atoms with Crippen molar-refractivity contribution in [3.63, 3.8) is 0 Å². The van der Waals surface area contributed by atoms with Gasteiger partial charge in [0, 0.05) is 18.5 Å². The smallest absolute Gasteiger partial charge is 0.328 e. The van der Waals surface area contributed by atoms with Crippen LogP contribution in [0.4, 0.5) is 14.9 Å². The van der Waals surface area contributed by atoms with Crippen LogP contribution in [0.25, 0.3) is 0 Å². The van der Waals surface area contributed by atoms with Gasteiger partial charge in [-0.05, 0) is 38.5 Å². The van der Waals surface area contributed by atoms with Gasteiger partial charge < -0.3 is 9.64 Å². The number of Topliss-reactive ketones (excluding diaryl/α,β-unsaturated/α-hetero) is 1. The number of imide groups is 2. The van der Waals surface area contributed by atoms with Gasteiger partial charge in [0.25, 0.3) is 0 Å². The van der Waals surface area contributed by atoms with Gasteiger partial charge in [-0.15, -0.1) is 0 Å². The lowest BCUT2D eigenvalue weighted by molar-refractivity contribution is -0.153. The molecule has 0 aliphatic carbocycles. The molecule has 1 aromatic carbocycles. The van der Waals surface area contributed by atoms with E-state index in [-0.39, 0.29) is 36.1 Å². The number of hydrogen-bond acceptors (Lipinski definition) is 6. The van der Waals surface area contributed by atoms with Gasteiger partial charge in [-0.2, -0.15) is 0 Å². The Kier molecular flexibility index (Phi) is 4.04. The fraction of sp³-hybridized carbons (Fsp3) is 0.474. The first kappa shape index (κ1) is 18.5. The zero-order valence-corrected chi connectivity index (χ0v) is 15.7. The molecule has 9 heteroatoms. The number of urea groups is 1. The summed E-state index contributed by atoms with van der Waals surface area (Å²) in [7, 11) is 0. The van der Waals surface area contributed by atoms with Gasteiger partial charge in [0.15, 0.2) is 11.2 Å². The number of carbonyl (C=O) groups excluding carboxylic acids is 4. The predicted octanol–water partition coefficient (Wildman–Crippen LogP) is 0.919. The summed E-state index contributed by atoms with van der Waals surface area (Å²) < 4.78 is 20.9. The molecule has 0 unspecified atom stereocenters. The van der Waals surface area contributed by atoms with Crippen molar-refractivity contribution in [3.8, 4) is 0 Å². The van der Waals surface area contributed by atoms with Crippen LogP contribution < -0.4 is 15.5 Å². The van der Waals surface area contributed by atoms with Crippen molar-refractivity contribution in [2.24, 2.45) is 5.41 Å². The Morgan fingerprint density at radius 1 is 1.21 bits per heavy atom. The molecule has 4 rings (SSSR count). The number of halogens is 1. The molecule has 4 amide bonds. The number of morpholine rings is 1. The average molecular weight is 389 g/mol. The summed E-state index contributed by atoms with van der Waals surface area (Å²) in [6.07, 6.45) is -0.986. The van der Waals surface area contributed by atoms with Crippen LogP contribution in [-0.2, 0) is 20.7 Å². The number of ketones is 1. The third kappa shape index (κ3) is 2.46. The van der Waals surface area contributed by atoms with Crippen molar-refractivity contribution in [1.82, 2.24) is 10.6 Å². The minimum absolute atomic E-state index is 0.144. The van der Waals surface area contributed by atoms with Crippen LogP contribution in [0.15, 0.2) is 12.1 Å².